The smallest absolute Gasteiger partial charge is 0.433 e. The minimum atomic E-state index is -0.663. The number of nitrogens with zero attached hydrogens (tertiary/aromatic N) is 4. The number of aromatic nitrogens is 1. The highest BCUT2D eigenvalue weighted by Crippen LogP contribution is 2.32. The van der Waals surface area contributed by atoms with E-state index in [1.54, 1.807) is 7.11 Å². The Morgan fingerprint density at radius 3 is 2.78 bits per heavy atom. The fraction of sp³-hybridized carbons (Fsp3) is 0.400. The third-order valence-corrected chi connectivity index (χ3v) is 6.06. The molecule has 0 unspecified atom stereocenters. The SMILES string of the molecule is COc1ccc2sc(N(CCCN3CCOCC3)C(=O)c3ccc([N+](=O)[O-])o3)nc2c1.Cl. The summed E-state index contributed by atoms with van der Waals surface area (Å²) in [4.78, 5) is 31.9. The molecule has 0 spiro atoms. The standard InChI is InChI=1S/C20H22N4O6S.ClH/c1-28-14-3-5-17-15(13-14)21-20(31-17)23(8-2-7-22-9-11-29-12-10-22)19(25)16-4-6-18(30-16)24(26)27;/h3-6,13H,2,7-12H2,1H3;1H. The van der Waals surface area contributed by atoms with Crippen LogP contribution in [0.3, 0.4) is 0 Å². The highest BCUT2D eigenvalue weighted by Gasteiger charge is 2.26. The molecule has 1 saturated heterocycles. The predicted molar refractivity (Wildman–Crippen MR) is 122 cm³/mol. The van der Waals surface area contributed by atoms with Crippen molar-refractivity contribution in [2.45, 2.75) is 6.42 Å². The molecule has 1 aliphatic heterocycles. The van der Waals surface area contributed by atoms with Gasteiger partial charge in [0.2, 0.25) is 0 Å². The Morgan fingerprint density at radius 2 is 2.09 bits per heavy atom. The van der Waals surface area contributed by atoms with Crippen LogP contribution in [0.1, 0.15) is 17.0 Å². The summed E-state index contributed by atoms with van der Waals surface area (Å²) in [6.45, 7) is 4.35. The van der Waals surface area contributed by atoms with E-state index in [1.807, 2.05) is 18.2 Å². The molecule has 0 saturated carbocycles. The lowest BCUT2D eigenvalue weighted by Crippen LogP contribution is -2.39. The molecule has 32 heavy (non-hydrogen) atoms. The Balaban J connectivity index is 0.00000289. The van der Waals surface area contributed by atoms with Gasteiger partial charge in [-0.3, -0.25) is 24.7 Å². The highest BCUT2D eigenvalue weighted by atomic mass is 35.5. The van der Waals surface area contributed by atoms with E-state index in [0.29, 0.717) is 37.1 Å². The van der Waals surface area contributed by atoms with Crippen LogP contribution in [0.25, 0.3) is 10.2 Å². The Kier molecular flexibility index (Phi) is 8.02. The topological polar surface area (TPSA) is 111 Å². The van der Waals surface area contributed by atoms with E-state index in [4.69, 9.17) is 13.9 Å². The Bertz CT molecular complexity index is 1080. The van der Waals surface area contributed by atoms with Crippen LogP contribution in [0, 0.1) is 10.1 Å². The molecule has 172 valence electrons. The molecular formula is C20H23ClN4O6S. The maximum Gasteiger partial charge on any atom is 0.433 e. The highest BCUT2D eigenvalue weighted by molar-refractivity contribution is 7.22. The molecule has 1 aliphatic rings. The fourth-order valence-corrected chi connectivity index (χ4v) is 4.34. The van der Waals surface area contributed by atoms with Crippen LogP contribution in [0.4, 0.5) is 11.0 Å². The molecule has 1 amide bonds. The Hall–Kier alpha value is -2.73. The number of furan rings is 1. The number of rotatable bonds is 8. The lowest BCUT2D eigenvalue weighted by Gasteiger charge is -2.27. The predicted octanol–water partition coefficient (Wildman–Crippen LogP) is 3.60. The van der Waals surface area contributed by atoms with Crippen LogP contribution in [0.5, 0.6) is 5.75 Å². The average Bonchev–Trinajstić information content (AvgIpc) is 3.44. The van der Waals surface area contributed by atoms with Crippen LogP contribution < -0.4 is 9.64 Å². The molecular weight excluding hydrogens is 460 g/mol. The second-order valence-electron chi connectivity index (χ2n) is 6.99. The molecule has 10 nitrogen and oxygen atoms in total. The number of amides is 1. The minimum absolute atomic E-state index is 0. The van der Waals surface area contributed by atoms with Gasteiger partial charge in [-0.15, -0.1) is 12.4 Å². The first kappa shape index (κ1) is 23.9. The molecule has 0 atom stereocenters. The number of fused-ring (bicyclic) bond motifs is 1. The summed E-state index contributed by atoms with van der Waals surface area (Å²) in [5, 5.41) is 11.5. The van der Waals surface area contributed by atoms with Crippen molar-refractivity contribution in [3.63, 3.8) is 0 Å². The van der Waals surface area contributed by atoms with Crippen molar-refractivity contribution in [2.75, 3.05) is 51.4 Å². The maximum atomic E-state index is 13.2. The summed E-state index contributed by atoms with van der Waals surface area (Å²) >= 11 is 1.38. The molecule has 1 fully saturated rings. The zero-order chi connectivity index (χ0) is 21.8. The number of carbonyl (C=O) groups is 1. The van der Waals surface area contributed by atoms with E-state index in [1.165, 1.54) is 28.4 Å². The third kappa shape index (κ3) is 5.36. The van der Waals surface area contributed by atoms with E-state index >= 15 is 0 Å². The largest absolute Gasteiger partial charge is 0.497 e. The molecule has 0 N–H and O–H groups in total. The van der Waals surface area contributed by atoms with Crippen molar-refractivity contribution in [1.29, 1.82) is 0 Å². The molecule has 3 aromatic rings. The summed E-state index contributed by atoms with van der Waals surface area (Å²) in [5.41, 5.74) is 0.718. The van der Waals surface area contributed by atoms with Gasteiger partial charge >= 0.3 is 5.88 Å². The van der Waals surface area contributed by atoms with Gasteiger partial charge in [0.1, 0.15) is 10.7 Å². The number of methoxy groups -OCH3 is 1. The number of nitro groups is 1. The van der Waals surface area contributed by atoms with Crippen LogP contribution >= 0.6 is 23.7 Å². The first-order valence-electron chi connectivity index (χ1n) is 9.86. The number of hydrogen-bond donors (Lipinski definition) is 0. The number of hydrogen-bond acceptors (Lipinski definition) is 9. The zero-order valence-corrected chi connectivity index (χ0v) is 19.0. The van der Waals surface area contributed by atoms with Gasteiger partial charge < -0.3 is 13.9 Å². The van der Waals surface area contributed by atoms with Crippen LogP contribution in [0.15, 0.2) is 34.7 Å². The third-order valence-electron chi connectivity index (χ3n) is 5.00. The van der Waals surface area contributed by atoms with Crippen LogP contribution in [-0.4, -0.2) is 67.2 Å². The summed E-state index contributed by atoms with van der Waals surface area (Å²) in [5.74, 6) is -0.335. The van der Waals surface area contributed by atoms with Crippen LogP contribution in [-0.2, 0) is 4.74 Å². The second-order valence-corrected chi connectivity index (χ2v) is 8.00. The molecule has 2 aromatic heterocycles. The fourth-order valence-electron chi connectivity index (χ4n) is 3.37. The van der Waals surface area contributed by atoms with Gasteiger partial charge in [0, 0.05) is 32.2 Å². The number of ether oxygens (including phenoxy) is 2. The van der Waals surface area contributed by atoms with E-state index < -0.39 is 16.7 Å². The number of benzene rings is 1. The minimum Gasteiger partial charge on any atom is -0.497 e. The van der Waals surface area contributed by atoms with E-state index in [-0.39, 0.29) is 18.2 Å². The van der Waals surface area contributed by atoms with Crippen molar-refractivity contribution >= 4 is 50.9 Å². The Morgan fingerprint density at radius 1 is 1.31 bits per heavy atom. The Labute approximate surface area is 194 Å². The van der Waals surface area contributed by atoms with Gasteiger partial charge in [-0.1, -0.05) is 11.3 Å². The molecule has 3 heterocycles. The first-order valence-corrected chi connectivity index (χ1v) is 10.7. The molecule has 0 aliphatic carbocycles. The first-order chi connectivity index (χ1) is 15.0. The molecule has 12 heteroatoms. The normalized spacial score (nSPS) is 14.2. The van der Waals surface area contributed by atoms with Gasteiger partial charge in [0.05, 0.1) is 36.6 Å². The number of anilines is 1. The number of carbonyl (C=O) groups excluding carboxylic acids is 1. The van der Waals surface area contributed by atoms with E-state index in [2.05, 4.69) is 9.88 Å². The molecule has 0 radical (unpaired) electrons. The number of thiazole rings is 1. The average molecular weight is 483 g/mol. The van der Waals surface area contributed by atoms with Crippen molar-refractivity contribution in [3.05, 3.63) is 46.2 Å². The van der Waals surface area contributed by atoms with Crippen molar-refractivity contribution in [2.24, 2.45) is 0 Å². The molecule has 4 rings (SSSR count). The van der Waals surface area contributed by atoms with Gasteiger partial charge in [-0.2, -0.15) is 0 Å². The van der Waals surface area contributed by atoms with Gasteiger partial charge in [-0.25, -0.2) is 4.98 Å². The molecule has 0 bridgehead atoms. The quantitative estimate of drug-likeness (QED) is 0.353. The monoisotopic (exact) mass is 482 g/mol. The summed E-state index contributed by atoms with van der Waals surface area (Å²) < 4.78 is 16.7. The van der Waals surface area contributed by atoms with E-state index in [9.17, 15) is 14.9 Å². The van der Waals surface area contributed by atoms with Crippen LogP contribution in [0.2, 0.25) is 0 Å². The number of morpholine rings is 1. The van der Waals surface area contributed by atoms with E-state index in [0.717, 1.165) is 29.9 Å². The van der Waals surface area contributed by atoms with Gasteiger partial charge in [0.15, 0.2) is 10.9 Å². The van der Waals surface area contributed by atoms with Crippen molar-refractivity contribution in [3.8, 4) is 5.75 Å². The van der Waals surface area contributed by atoms with Gasteiger partial charge in [0.25, 0.3) is 5.91 Å². The number of halogens is 1. The van der Waals surface area contributed by atoms with Crippen molar-refractivity contribution in [1.82, 2.24) is 9.88 Å². The van der Waals surface area contributed by atoms with Gasteiger partial charge in [-0.05, 0) is 24.6 Å². The lowest BCUT2D eigenvalue weighted by molar-refractivity contribution is -0.402. The lowest BCUT2D eigenvalue weighted by atomic mass is 10.3. The summed E-state index contributed by atoms with van der Waals surface area (Å²) in [6, 6.07) is 8.05. The molecule has 1 aromatic carbocycles. The zero-order valence-electron chi connectivity index (χ0n) is 17.4. The second kappa shape index (κ2) is 10.7. The summed E-state index contributed by atoms with van der Waals surface area (Å²) in [7, 11) is 1.58. The summed E-state index contributed by atoms with van der Waals surface area (Å²) in [6.07, 6.45) is 0.716. The van der Waals surface area contributed by atoms with Crippen molar-refractivity contribution < 1.29 is 23.6 Å². The maximum absolute atomic E-state index is 13.2.